The lowest BCUT2D eigenvalue weighted by Crippen LogP contribution is -2.58. The molecule has 0 aromatic rings. The molecule has 0 fully saturated rings. The maximum Gasteiger partial charge on any atom is 0.459 e. The third-order valence-electron chi connectivity index (χ3n) is 1.69. The van der Waals surface area contributed by atoms with Crippen LogP contribution in [0.15, 0.2) is 0 Å². The second-order valence-corrected chi connectivity index (χ2v) is 3.90. The molecule has 0 N–H and O–H groups in total. The Kier molecular flexibility index (Phi) is 2.89. The summed E-state index contributed by atoms with van der Waals surface area (Å²) < 4.78 is 85.0. The van der Waals surface area contributed by atoms with Crippen LogP contribution in [0.2, 0.25) is 0 Å². The topological polar surface area (TPSA) is 0 Å². The zero-order valence-electron chi connectivity index (χ0n) is 7.65. The Morgan fingerprint density at radius 2 is 0.857 bits per heavy atom. The van der Waals surface area contributed by atoms with E-state index in [4.69, 9.17) is 0 Å². The van der Waals surface area contributed by atoms with Gasteiger partial charge in [0.05, 0.1) is 0 Å². The number of rotatable bonds is 1. The first-order valence-electron chi connectivity index (χ1n) is 3.57. The first-order chi connectivity index (χ1) is 5.75. The molecule has 0 saturated heterocycles. The summed E-state index contributed by atoms with van der Waals surface area (Å²) in [4.78, 5) is 0. The SMILES string of the molecule is CC(C)(C)C(F)(F)C(F)(F)C(F)(F)F. The molecule has 14 heavy (non-hydrogen) atoms. The molecule has 0 aliphatic rings. The molecule has 0 saturated carbocycles. The first-order valence-corrected chi connectivity index (χ1v) is 3.57. The Morgan fingerprint density at radius 1 is 0.571 bits per heavy atom. The van der Waals surface area contributed by atoms with Gasteiger partial charge in [-0.1, -0.05) is 20.8 Å². The molecule has 7 heteroatoms. The van der Waals surface area contributed by atoms with Crippen LogP contribution in [0.3, 0.4) is 0 Å². The Hall–Kier alpha value is -0.490. The van der Waals surface area contributed by atoms with E-state index in [1.165, 1.54) is 0 Å². The second kappa shape index (κ2) is 3.00. The normalized spacial score (nSPS) is 15.9. The fourth-order valence-corrected chi connectivity index (χ4v) is 0.649. The van der Waals surface area contributed by atoms with Crippen molar-refractivity contribution in [3.05, 3.63) is 0 Å². The molecule has 0 aromatic heterocycles. The minimum atomic E-state index is -6.25. The van der Waals surface area contributed by atoms with Gasteiger partial charge >= 0.3 is 18.0 Å². The Labute approximate surface area is 76.1 Å². The van der Waals surface area contributed by atoms with Crippen LogP contribution in [0.4, 0.5) is 30.7 Å². The minimum Gasteiger partial charge on any atom is -0.199 e. The van der Waals surface area contributed by atoms with E-state index in [0.717, 1.165) is 0 Å². The Morgan fingerprint density at radius 3 is 0.929 bits per heavy atom. The van der Waals surface area contributed by atoms with Crippen LogP contribution in [0.25, 0.3) is 0 Å². The molecule has 0 unspecified atom stereocenters. The summed E-state index contributed by atoms with van der Waals surface area (Å²) in [5, 5.41) is 0. The third-order valence-corrected chi connectivity index (χ3v) is 1.69. The van der Waals surface area contributed by atoms with Crippen LogP contribution >= 0.6 is 0 Å². The Balaban J connectivity index is 5.30. The van der Waals surface area contributed by atoms with Gasteiger partial charge in [0.2, 0.25) is 0 Å². The number of alkyl halides is 7. The predicted octanol–water partition coefficient (Wildman–Crippen LogP) is 3.87. The Bertz CT molecular complexity index is 183. The van der Waals surface area contributed by atoms with Crippen molar-refractivity contribution in [3.63, 3.8) is 0 Å². The van der Waals surface area contributed by atoms with Crippen molar-refractivity contribution >= 4 is 0 Å². The summed E-state index contributed by atoms with van der Waals surface area (Å²) in [6.45, 7) is 1.85. The average Bonchev–Trinajstić information content (AvgIpc) is 1.81. The molecule has 0 heterocycles. The summed E-state index contributed by atoms with van der Waals surface area (Å²) in [6.07, 6.45) is -6.25. The van der Waals surface area contributed by atoms with Gasteiger partial charge in [0.25, 0.3) is 0 Å². The van der Waals surface area contributed by atoms with Gasteiger partial charge in [0.15, 0.2) is 0 Å². The van der Waals surface area contributed by atoms with Gasteiger partial charge in [-0.2, -0.15) is 30.7 Å². The van der Waals surface area contributed by atoms with E-state index in [0.29, 0.717) is 20.8 Å². The van der Waals surface area contributed by atoms with E-state index < -0.39 is 23.4 Å². The van der Waals surface area contributed by atoms with Crippen molar-refractivity contribution in [3.8, 4) is 0 Å². The fraction of sp³-hybridized carbons (Fsp3) is 1.00. The van der Waals surface area contributed by atoms with E-state index in [9.17, 15) is 30.7 Å². The predicted molar refractivity (Wildman–Crippen MR) is 35.4 cm³/mol. The van der Waals surface area contributed by atoms with E-state index in [1.54, 1.807) is 0 Å². The monoisotopic (exact) mass is 226 g/mol. The zero-order valence-corrected chi connectivity index (χ0v) is 7.65. The molecule has 0 atom stereocenters. The van der Waals surface area contributed by atoms with Crippen LogP contribution in [-0.2, 0) is 0 Å². The van der Waals surface area contributed by atoms with Crippen molar-refractivity contribution in [1.29, 1.82) is 0 Å². The lowest BCUT2D eigenvalue weighted by atomic mass is 9.84. The molecule has 0 radical (unpaired) electrons. The second-order valence-electron chi connectivity index (χ2n) is 3.90. The van der Waals surface area contributed by atoms with Gasteiger partial charge in [-0.05, 0) is 0 Å². The summed E-state index contributed by atoms with van der Waals surface area (Å²) in [5.74, 6) is -11.2. The quantitative estimate of drug-likeness (QED) is 0.595. The molecule has 0 rings (SSSR count). The molecule has 0 nitrogen and oxygen atoms in total. The smallest absolute Gasteiger partial charge is 0.199 e. The van der Waals surface area contributed by atoms with Crippen molar-refractivity contribution in [2.45, 2.75) is 38.8 Å². The van der Waals surface area contributed by atoms with Crippen LogP contribution in [0, 0.1) is 5.41 Å². The molecule has 86 valence electrons. The van der Waals surface area contributed by atoms with E-state index >= 15 is 0 Å². The third kappa shape index (κ3) is 1.81. The minimum absolute atomic E-state index is 0.618. The molecule has 0 aromatic carbocycles. The van der Waals surface area contributed by atoms with Crippen molar-refractivity contribution in [2.75, 3.05) is 0 Å². The lowest BCUT2D eigenvalue weighted by molar-refractivity contribution is -0.375. The van der Waals surface area contributed by atoms with Crippen LogP contribution in [-0.4, -0.2) is 18.0 Å². The van der Waals surface area contributed by atoms with Gasteiger partial charge in [0, 0.05) is 5.41 Å². The fourth-order valence-electron chi connectivity index (χ4n) is 0.649. The molecule has 0 amide bonds. The van der Waals surface area contributed by atoms with E-state index in [-0.39, 0.29) is 0 Å². The summed E-state index contributed by atoms with van der Waals surface area (Å²) in [5.41, 5.74) is -2.47. The highest BCUT2D eigenvalue weighted by Gasteiger charge is 2.76. The van der Waals surface area contributed by atoms with Gasteiger partial charge in [-0.3, -0.25) is 0 Å². The largest absolute Gasteiger partial charge is 0.459 e. The zero-order chi connectivity index (χ0) is 12.0. The van der Waals surface area contributed by atoms with Gasteiger partial charge in [-0.25, -0.2) is 0 Å². The average molecular weight is 226 g/mol. The summed E-state index contributed by atoms with van der Waals surface area (Å²) >= 11 is 0. The van der Waals surface area contributed by atoms with Gasteiger partial charge < -0.3 is 0 Å². The van der Waals surface area contributed by atoms with Gasteiger partial charge in [-0.15, -0.1) is 0 Å². The van der Waals surface area contributed by atoms with Crippen LogP contribution in [0.1, 0.15) is 20.8 Å². The van der Waals surface area contributed by atoms with E-state index in [2.05, 4.69) is 0 Å². The van der Waals surface area contributed by atoms with Crippen molar-refractivity contribution in [2.24, 2.45) is 5.41 Å². The number of hydrogen-bond acceptors (Lipinski definition) is 0. The highest BCUT2D eigenvalue weighted by Crippen LogP contribution is 2.53. The highest BCUT2D eigenvalue weighted by molar-refractivity contribution is 4.98. The first kappa shape index (κ1) is 13.5. The summed E-state index contributed by atoms with van der Waals surface area (Å²) in [6, 6.07) is 0. The van der Waals surface area contributed by atoms with Crippen molar-refractivity contribution in [1.82, 2.24) is 0 Å². The van der Waals surface area contributed by atoms with E-state index in [1.807, 2.05) is 0 Å². The highest BCUT2D eigenvalue weighted by atomic mass is 19.4. The molecule has 0 bridgehead atoms. The molecule has 0 spiro atoms. The maximum absolute atomic E-state index is 12.7. The van der Waals surface area contributed by atoms with Gasteiger partial charge in [0.1, 0.15) is 0 Å². The van der Waals surface area contributed by atoms with Crippen molar-refractivity contribution < 1.29 is 30.7 Å². The maximum atomic E-state index is 12.7. The van der Waals surface area contributed by atoms with Crippen LogP contribution in [0.5, 0.6) is 0 Å². The molecule has 0 aliphatic carbocycles. The standard InChI is InChI=1S/C7H9F7/c1-4(2,3)5(8,9)6(10,11)7(12,13)14/h1-3H3. The molecular formula is C7H9F7. The number of halogens is 7. The summed E-state index contributed by atoms with van der Waals surface area (Å²) in [7, 11) is 0. The van der Waals surface area contributed by atoms with Crippen LogP contribution < -0.4 is 0 Å². The lowest BCUT2D eigenvalue weighted by Gasteiger charge is -2.36. The number of hydrogen-bond donors (Lipinski definition) is 0. The molecular weight excluding hydrogens is 217 g/mol. The molecule has 0 aliphatic heterocycles.